The van der Waals surface area contributed by atoms with Crippen LogP contribution in [0.1, 0.15) is 10.4 Å². The first kappa shape index (κ1) is 9.47. The number of thiophene rings is 1. The van der Waals surface area contributed by atoms with Gasteiger partial charge in [-0.1, -0.05) is 11.6 Å². The maximum absolute atomic E-state index is 9.14. The fourth-order valence-electron chi connectivity index (χ4n) is 1.36. The monoisotopic (exact) mass is 223 g/mol. The zero-order valence-corrected chi connectivity index (χ0v) is 8.69. The highest BCUT2D eigenvalue weighted by Crippen LogP contribution is 2.32. The quantitative estimate of drug-likeness (QED) is 0.808. The van der Waals surface area contributed by atoms with E-state index in [1.807, 2.05) is 6.07 Å². The van der Waals surface area contributed by atoms with Crippen molar-refractivity contribution in [1.29, 1.82) is 5.26 Å². The summed E-state index contributed by atoms with van der Waals surface area (Å²) in [5, 5.41) is 19.3. The average molecular weight is 224 g/mol. The lowest BCUT2D eigenvalue weighted by atomic mass is 10.1. The highest BCUT2D eigenvalue weighted by Gasteiger charge is 2.08. The molecule has 0 fully saturated rings. The Balaban J connectivity index is 2.81. The summed E-state index contributed by atoms with van der Waals surface area (Å²) in [5.74, 6) is 0. The predicted octanol–water partition coefficient (Wildman–Crippen LogP) is 2.92. The minimum atomic E-state index is -0.0994. The summed E-state index contributed by atoms with van der Waals surface area (Å²) in [7, 11) is 0. The fourth-order valence-corrected chi connectivity index (χ4v) is 2.47. The van der Waals surface area contributed by atoms with Crippen LogP contribution in [0.4, 0.5) is 0 Å². The smallest absolute Gasteiger partial charge is 0.110 e. The van der Waals surface area contributed by atoms with Gasteiger partial charge >= 0.3 is 0 Å². The summed E-state index contributed by atoms with van der Waals surface area (Å²) in [6, 6.07) is 7.45. The second-order valence-electron chi connectivity index (χ2n) is 2.82. The van der Waals surface area contributed by atoms with Gasteiger partial charge in [-0.15, -0.1) is 11.3 Å². The first-order valence-corrected chi connectivity index (χ1v) is 5.17. The van der Waals surface area contributed by atoms with E-state index in [1.165, 1.54) is 11.3 Å². The summed E-state index contributed by atoms with van der Waals surface area (Å²) in [5.41, 5.74) is 0.696. The van der Waals surface area contributed by atoms with Crippen molar-refractivity contribution in [2.45, 2.75) is 6.61 Å². The average Bonchev–Trinajstić information content (AvgIpc) is 2.60. The van der Waals surface area contributed by atoms with Gasteiger partial charge in [0.2, 0.25) is 0 Å². The highest BCUT2D eigenvalue weighted by molar-refractivity contribution is 7.19. The molecule has 0 saturated heterocycles. The molecule has 1 aromatic carbocycles. The largest absolute Gasteiger partial charge is 0.392 e. The minimum Gasteiger partial charge on any atom is -0.392 e. The molecule has 0 amide bonds. The molecule has 0 aliphatic carbocycles. The van der Waals surface area contributed by atoms with Crippen molar-refractivity contribution < 1.29 is 5.11 Å². The fraction of sp³-hybridized carbons (Fsp3) is 0.100. The maximum Gasteiger partial charge on any atom is 0.110 e. The van der Waals surface area contributed by atoms with Crippen LogP contribution in [0.2, 0.25) is 5.02 Å². The van der Waals surface area contributed by atoms with E-state index >= 15 is 0 Å². The van der Waals surface area contributed by atoms with Crippen LogP contribution in [0.5, 0.6) is 0 Å². The van der Waals surface area contributed by atoms with Gasteiger partial charge in [0.15, 0.2) is 0 Å². The number of nitrogens with zero attached hydrogens (tertiary/aromatic N) is 1. The summed E-state index contributed by atoms with van der Waals surface area (Å²) < 4.78 is 0.981. The molecule has 2 nitrogen and oxygen atoms in total. The molecule has 1 N–H and O–H groups in total. The summed E-state index contributed by atoms with van der Waals surface area (Å²) in [4.78, 5) is 0.636. The molecule has 0 aliphatic heterocycles. The number of nitriles is 1. The van der Waals surface area contributed by atoms with E-state index in [-0.39, 0.29) is 6.61 Å². The Morgan fingerprint density at radius 2 is 2.29 bits per heavy atom. The van der Waals surface area contributed by atoms with Crippen LogP contribution in [-0.4, -0.2) is 5.11 Å². The number of hydrogen-bond acceptors (Lipinski definition) is 3. The van der Waals surface area contributed by atoms with Crippen molar-refractivity contribution in [3.05, 3.63) is 33.7 Å². The van der Waals surface area contributed by atoms with Crippen LogP contribution < -0.4 is 0 Å². The Labute approximate surface area is 90.0 Å². The molecule has 0 aliphatic rings. The molecule has 14 heavy (non-hydrogen) atoms. The second-order valence-corrected chi connectivity index (χ2v) is 4.31. The SMILES string of the molecule is N#Cc1cc2c(CO)c(Cl)ccc2s1. The minimum absolute atomic E-state index is 0.0994. The van der Waals surface area contributed by atoms with Gasteiger partial charge in [0.1, 0.15) is 10.9 Å². The standard InChI is InChI=1S/C10H6ClNOS/c11-9-1-2-10-7(8(9)5-13)3-6(4-12)14-10/h1-3,13H,5H2. The maximum atomic E-state index is 9.14. The summed E-state index contributed by atoms with van der Waals surface area (Å²) in [6.07, 6.45) is 0. The number of aliphatic hydroxyl groups is 1. The third kappa shape index (κ3) is 1.38. The first-order valence-electron chi connectivity index (χ1n) is 3.98. The molecule has 0 bridgehead atoms. The molecule has 0 unspecified atom stereocenters. The lowest BCUT2D eigenvalue weighted by Gasteiger charge is -2.00. The zero-order chi connectivity index (χ0) is 10.1. The van der Waals surface area contributed by atoms with E-state index in [9.17, 15) is 0 Å². The van der Waals surface area contributed by atoms with Crippen molar-refractivity contribution in [3.8, 4) is 6.07 Å². The lowest BCUT2D eigenvalue weighted by molar-refractivity contribution is 0.283. The van der Waals surface area contributed by atoms with E-state index in [4.69, 9.17) is 22.0 Å². The van der Waals surface area contributed by atoms with Crippen molar-refractivity contribution in [2.75, 3.05) is 0 Å². The topological polar surface area (TPSA) is 44.0 Å². The van der Waals surface area contributed by atoms with Gasteiger partial charge in [-0.25, -0.2) is 0 Å². The van der Waals surface area contributed by atoms with Crippen molar-refractivity contribution in [3.63, 3.8) is 0 Å². The third-order valence-corrected chi connectivity index (χ3v) is 3.38. The summed E-state index contributed by atoms with van der Waals surface area (Å²) >= 11 is 7.32. The van der Waals surface area contributed by atoms with Gasteiger partial charge in [-0.2, -0.15) is 5.26 Å². The number of rotatable bonds is 1. The Kier molecular flexibility index (Phi) is 2.42. The van der Waals surface area contributed by atoms with Crippen molar-refractivity contribution in [1.82, 2.24) is 0 Å². The van der Waals surface area contributed by atoms with Crippen molar-refractivity contribution in [2.24, 2.45) is 0 Å². The number of fused-ring (bicyclic) bond motifs is 1. The van der Waals surface area contributed by atoms with E-state index in [2.05, 4.69) is 6.07 Å². The van der Waals surface area contributed by atoms with Crippen LogP contribution >= 0.6 is 22.9 Å². The third-order valence-electron chi connectivity index (χ3n) is 2.02. The van der Waals surface area contributed by atoms with Crippen LogP contribution in [0, 0.1) is 11.3 Å². The molecular formula is C10H6ClNOS. The molecule has 2 aromatic rings. The van der Waals surface area contributed by atoms with Gasteiger partial charge in [0.05, 0.1) is 6.61 Å². The number of benzene rings is 1. The van der Waals surface area contributed by atoms with Crippen LogP contribution in [0.15, 0.2) is 18.2 Å². The van der Waals surface area contributed by atoms with Crippen LogP contribution in [0.25, 0.3) is 10.1 Å². The molecule has 1 aromatic heterocycles. The van der Waals surface area contributed by atoms with Gasteiger partial charge in [-0.05, 0) is 18.2 Å². The van der Waals surface area contributed by atoms with E-state index < -0.39 is 0 Å². The highest BCUT2D eigenvalue weighted by atomic mass is 35.5. The molecule has 0 atom stereocenters. The van der Waals surface area contributed by atoms with Gasteiger partial charge < -0.3 is 5.11 Å². The molecule has 4 heteroatoms. The summed E-state index contributed by atoms with van der Waals surface area (Å²) in [6.45, 7) is -0.0994. The van der Waals surface area contributed by atoms with E-state index in [0.29, 0.717) is 15.5 Å². The Hall–Kier alpha value is -1.08. The van der Waals surface area contributed by atoms with Crippen LogP contribution in [-0.2, 0) is 6.61 Å². The first-order chi connectivity index (χ1) is 6.76. The van der Waals surface area contributed by atoms with Crippen molar-refractivity contribution >= 4 is 33.0 Å². The van der Waals surface area contributed by atoms with Gasteiger partial charge in [0.25, 0.3) is 0 Å². The normalized spacial score (nSPS) is 10.4. The molecular weight excluding hydrogens is 218 g/mol. The molecule has 0 saturated carbocycles. The predicted molar refractivity (Wildman–Crippen MR) is 57.5 cm³/mol. The Bertz CT molecular complexity index is 527. The lowest BCUT2D eigenvalue weighted by Crippen LogP contribution is -1.84. The molecule has 0 radical (unpaired) electrons. The number of aliphatic hydroxyl groups excluding tert-OH is 1. The number of hydrogen-bond donors (Lipinski definition) is 1. The molecule has 0 spiro atoms. The van der Waals surface area contributed by atoms with E-state index in [1.54, 1.807) is 12.1 Å². The van der Waals surface area contributed by atoms with Gasteiger partial charge in [0, 0.05) is 20.7 Å². The zero-order valence-electron chi connectivity index (χ0n) is 7.12. The van der Waals surface area contributed by atoms with E-state index in [0.717, 1.165) is 10.1 Å². The Morgan fingerprint density at radius 3 is 2.93 bits per heavy atom. The molecule has 2 rings (SSSR count). The molecule has 70 valence electrons. The van der Waals surface area contributed by atoms with Crippen LogP contribution in [0.3, 0.4) is 0 Å². The van der Waals surface area contributed by atoms with Gasteiger partial charge in [-0.3, -0.25) is 0 Å². The second kappa shape index (κ2) is 3.58. The molecule has 1 heterocycles. The number of halogens is 1. The Morgan fingerprint density at radius 1 is 1.50 bits per heavy atom.